The highest BCUT2D eigenvalue weighted by atomic mass is 32.2. The molecule has 1 saturated carbocycles. The van der Waals surface area contributed by atoms with Crippen LogP contribution in [0, 0.1) is 11.8 Å². The highest BCUT2D eigenvalue weighted by molar-refractivity contribution is 7.91. The van der Waals surface area contributed by atoms with Crippen molar-refractivity contribution in [2.45, 2.75) is 57.6 Å². The van der Waals surface area contributed by atoms with E-state index in [-0.39, 0.29) is 5.25 Å². The molecule has 0 unspecified atom stereocenters. The largest absolute Gasteiger partial charge is 0.464 e. The van der Waals surface area contributed by atoms with Gasteiger partial charge in [-0.15, -0.1) is 0 Å². The minimum atomic E-state index is -2.90. The second-order valence-electron chi connectivity index (χ2n) is 7.98. The van der Waals surface area contributed by atoms with Crippen molar-refractivity contribution in [3.05, 3.63) is 48.2 Å². The molecule has 0 bridgehead atoms. The summed E-state index contributed by atoms with van der Waals surface area (Å²) in [4.78, 5) is 0. The Hall–Kier alpha value is -1.55. The van der Waals surface area contributed by atoms with Gasteiger partial charge in [0, 0.05) is 5.56 Å². The first-order chi connectivity index (χ1) is 12.4. The molecule has 1 aliphatic carbocycles. The molecule has 142 valence electrons. The van der Waals surface area contributed by atoms with Gasteiger partial charge in [0.05, 0.1) is 17.3 Å². The number of rotatable bonds is 7. The van der Waals surface area contributed by atoms with Crippen molar-refractivity contribution >= 4 is 9.84 Å². The fourth-order valence-corrected chi connectivity index (χ4v) is 5.23. The van der Waals surface area contributed by atoms with E-state index in [1.165, 1.54) is 24.8 Å². The maximum absolute atomic E-state index is 12.1. The van der Waals surface area contributed by atoms with Crippen LogP contribution in [0.25, 0.3) is 11.3 Å². The summed E-state index contributed by atoms with van der Waals surface area (Å²) in [5, 5.41) is -0.246. The number of hydrogen-bond donors (Lipinski definition) is 0. The van der Waals surface area contributed by atoms with Crippen LogP contribution < -0.4 is 0 Å². The smallest absolute Gasteiger partial charge is 0.152 e. The molecule has 3 rings (SSSR count). The Morgan fingerprint density at radius 2 is 1.65 bits per heavy atom. The number of sulfone groups is 1. The lowest BCUT2D eigenvalue weighted by atomic mass is 9.80. The molecule has 1 heterocycles. The Kier molecular flexibility index (Phi) is 6.23. The van der Waals surface area contributed by atoms with Crippen molar-refractivity contribution < 1.29 is 12.8 Å². The van der Waals surface area contributed by atoms with Gasteiger partial charge in [0.15, 0.2) is 9.84 Å². The maximum atomic E-state index is 12.1. The zero-order valence-electron chi connectivity index (χ0n) is 15.9. The molecule has 26 heavy (non-hydrogen) atoms. The summed E-state index contributed by atoms with van der Waals surface area (Å²) in [5.41, 5.74) is 2.48. The van der Waals surface area contributed by atoms with Gasteiger partial charge >= 0.3 is 0 Å². The van der Waals surface area contributed by atoms with Crippen LogP contribution in [0.4, 0.5) is 0 Å². The third-order valence-electron chi connectivity index (χ3n) is 5.75. The predicted octanol–water partition coefficient (Wildman–Crippen LogP) is 5.51. The van der Waals surface area contributed by atoms with Gasteiger partial charge in [-0.25, -0.2) is 8.42 Å². The predicted molar refractivity (Wildman–Crippen MR) is 107 cm³/mol. The van der Waals surface area contributed by atoms with E-state index in [9.17, 15) is 8.42 Å². The number of benzene rings is 1. The van der Waals surface area contributed by atoms with Crippen molar-refractivity contribution in [1.82, 2.24) is 0 Å². The quantitative estimate of drug-likeness (QED) is 0.642. The lowest BCUT2D eigenvalue weighted by Gasteiger charge is -2.28. The molecule has 0 aliphatic heterocycles. The number of furan rings is 1. The highest BCUT2D eigenvalue weighted by Gasteiger charge is 2.27. The SMILES string of the molecule is CC(C)S(=O)(=O)CC1CCC(CCc2ccc(-c3ccco3)cc2)CC1. The first-order valence-corrected chi connectivity index (χ1v) is 11.5. The molecular formula is C22H30O3S. The van der Waals surface area contributed by atoms with Gasteiger partial charge in [-0.2, -0.15) is 0 Å². The molecular weight excluding hydrogens is 344 g/mol. The normalized spacial score (nSPS) is 21.2. The standard InChI is InChI=1S/C22H30O3S/c1-17(2)26(23,24)16-20-9-7-18(8-10-20)5-6-19-11-13-21(14-12-19)22-4-3-15-25-22/h3-4,11-15,17-18,20H,5-10,16H2,1-2H3. The third kappa shape index (κ3) is 5.00. The summed E-state index contributed by atoms with van der Waals surface area (Å²) in [6, 6.07) is 12.5. The Labute approximate surface area is 157 Å². The van der Waals surface area contributed by atoms with Gasteiger partial charge < -0.3 is 4.42 Å². The molecule has 4 heteroatoms. The summed E-state index contributed by atoms with van der Waals surface area (Å²) in [6.45, 7) is 3.58. The van der Waals surface area contributed by atoms with Crippen LogP contribution in [0.1, 0.15) is 51.5 Å². The minimum Gasteiger partial charge on any atom is -0.464 e. The van der Waals surface area contributed by atoms with Gasteiger partial charge in [0.1, 0.15) is 5.76 Å². The van der Waals surface area contributed by atoms with Gasteiger partial charge in [0.25, 0.3) is 0 Å². The van der Waals surface area contributed by atoms with Crippen molar-refractivity contribution in [1.29, 1.82) is 0 Å². The van der Waals surface area contributed by atoms with Crippen LogP contribution in [-0.4, -0.2) is 19.4 Å². The summed E-state index contributed by atoms with van der Waals surface area (Å²) in [5.74, 6) is 2.39. The van der Waals surface area contributed by atoms with Crippen LogP contribution in [0.5, 0.6) is 0 Å². The van der Waals surface area contributed by atoms with Crippen LogP contribution in [0.3, 0.4) is 0 Å². The monoisotopic (exact) mass is 374 g/mol. The minimum absolute atomic E-state index is 0.246. The van der Waals surface area contributed by atoms with Gasteiger partial charge in [-0.3, -0.25) is 0 Å². The van der Waals surface area contributed by atoms with Crippen molar-refractivity contribution in [3.63, 3.8) is 0 Å². The lowest BCUT2D eigenvalue weighted by Crippen LogP contribution is -2.26. The van der Waals surface area contributed by atoms with Crippen molar-refractivity contribution in [2.75, 3.05) is 5.75 Å². The summed E-state index contributed by atoms with van der Waals surface area (Å²) in [7, 11) is -2.90. The van der Waals surface area contributed by atoms with E-state index < -0.39 is 9.84 Å². The average Bonchev–Trinajstić information content (AvgIpc) is 3.16. The van der Waals surface area contributed by atoms with E-state index in [0.29, 0.717) is 11.7 Å². The van der Waals surface area contributed by atoms with Crippen LogP contribution in [0.2, 0.25) is 0 Å². The third-order valence-corrected chi connectivity index (χ3v) is 8.13. The molecule has 1 fully saturated rings. The second-order valence-corrected chi connectivity index (χ2v) is 10.6. The van der Waals surface area contributed by atoms with Crippen LogP contribution >= 0.6 is 0 Å². The molecule has 0 atom stereocenters. The Bertz CT molecular complexity index is 765. The first-order valence-electron chi connectivity index (χ1n) is 9.78. The van der Waals surface area contributed by atoms with Gasteiger partial charge in [-0.05, 0) is 69.1 Å². The summed E-state index contributed by atoms with van der Waals surface area (Å²) >= 11 is 0. The van der Waals surface area contributed by atoms with E-state index in [1.54, 1.807) is 20.1 Å². The van der Waals surface area contributed by atoms with E-state index in [4.69, 9.17) is 4.42 Å². The lowest BCUT2D eigenvalue weighted by molar-refractivity contribution is 0.278. The molecule has 0 amide bonds. The molecule has 0 spiro atoms. The van der Waals surface area contributed by atoms with E-state index in [2.05, 4.69) is 24.3 Å². The molecule has 1 aliphatic rings. The summed E-state index contributed by atoms with van der Waals surface area (Å²) in [6.07, 6.45) is 8.46. The Balaban J connectivity index is 1.44. The van der Waals surface area contributed by atoms with Crippen LogP contribution in [-0.2, 0) is 16.3 Å². The Morgan fingerprint density at radius 1 is 1.00 bits per heavy atom. The van der Waals surface area contributed by atoms with Crippen LogP contribution in [0.15, 0.2) is 47.1 Å². The van der Waals surface area contributed by atoms with Gasteiger partial charge in [-0.1, -0.05) is 37.1 Å². The topological polar surface area (TPSA) is 47.3 Å². The molecule has 2 aromatic rings. The molecule has 0 N–H and O–H groups in total. The molecule has 1 aromatic carbocycles. The second kappa shape index (κ2) is 8.43. The van der Waals surface area contributed by atoms with E-state index >= 15 is 0 Å². The first kappa shape index (κ1) is 19.2. The zero-order chi connectivity index (χ0) is 18.6. The fourth-order valence-electron chi connectivity index (χ4n) is 3.86. The Morgan fingerprint density at radius 3 is 2.23 bits per heavy atom. The van der Waals surface area contributed by atoms with Gasteiger partial charge in [0.2, 0.25) is 0 Å². The molecule has 0 radical (unpaired) electrons. The average molecular weight is 375 g/mol. The van der Waals surface area contributed by atoms with E-state index in [0.717, 1.165) is 36.5 Å². The number of aryl methyl sites for hydroxylation is 1. The molecule has 3 nitrogen and oxygen atoms in total. The van der Waals surface area contributed by atoms with Crippen molar-refractivity contribution in [3.8, 4) is 11.3 Å². The van der Waals surface area contributed by atoms with Crippen molar-refractivity contribution in [2.24, 2.45) is 11.8 Å². The number of hydrogen-bond acceptors (Lipinski definition) is 3. The molecule has 1 aromatic heterocycles. The highest BCUT2D eigenvalue weighted by Crippen LogP contribution is 2.33. The fraction of sp³-hybridized carbons (Fsp3) is 0.545. The summed E-state index contributed by atoms with van der Waals surface area (Å²) < 4.78 is 29.6. The van der Waals surface area contributed by atoms with E-state index in [1.807, 2.05) is 12.1 Å². The molecule has 0 saturated heterocycles. The maximum Gasteiger partial charge on any atom is 0.152 e. The zero-order valence-corrected chi connectivity index (χ0v) is 16.7.